The first-order valence-electron chi connectivity index (χ1n) is 3.84. The minimum absolute atomic E-state index is 0.343. The summed E-state index contributed by atoms with van der Waals surface area (Å²) in [5.41, 5.74) is 1.47. The molecule has 1 aliphatic heterocycles. The van der Waals surface area contributed by atoms with E-state index < -0.39 is 5.91 Å². The molecule has 0 bridgehead atoms. The number of carbonyl (C=O) groups is 2. The fourth-order valence-corrected chi connectivity index (χ4v) is 1.31. The van der Waals surface area contributed by atoms with Crippen molar-refractivity contribution in [1.82, 2.24) is 5.32 Å². The van der Waals surface area contributed by atoms with Gasteiger partial charge >= 0.3 is 0 Å². The lowest BCUT2D eigenvalue weighted by atomic mass is 9.96. The molecule has 0 spiro atoms. The lowest BCUT2D eigenvalue weighted by molar-refractivity contribution is -0.114. The average molecular weight is 173 g/mol. The maximum Gasteiger partial charge on any atom is 0.258 e. The van der Waals surface area contributed by atoms with Crippen molar-refractivity contribution in [3.63, 3.8) is 0 Å². The molecule has 2 amide bonds. The van der Waals surface area contributed by atoms with Crippen LogP contribution in [0.5, 0.6) is 0 Å². The summed E-state index contributed by atoms with van der Waals surface area (Å²) in [6.07, 6.45) is 0. The van der Waals surface area contributed by atoms with Crippen molar-refractivity contribution in [2.24, 2.45) is 0 Å². The first-order chi connectivity index (χ1) is 6.20. The van der Waals surface area contributed by atoms with Crippen molar-refractivity contribution in [2.75, 3.05) is 0 Å². The van der Waals surface area contributed by atoms with Crippen LogP contribution in [0.3, 0.4) is 0 Å². The van der Waals surface area contributed by atoms with Gasteiger partial charge in [-0.3, -0.25) is 14.9 Å². The maximum absolute atomic E-state index is 11.3. The summed E-state index contributed by atoms with van der Waals surface area (Å²) < 4.78 is 0. The number of benzene rings is 1. The van der Waals surface area contributed by atoms with E-state index in [1.807, 2.05) is 0 Å². The Morgan fingerprint density at radius 1 is 1.00 bits per heavy atom. The van der Waals surface area contributed by atoms with E-state index in [0.29, 0.717) is 16.7 Å². The quantitative estimate of drug-likeness (QED) is 0.469. The third-order valence-electron chi connectivity index (χ3n) is 2.00. The van der Waals surface area contributed by atoms with Gasteiger partial charge < -0.3 is 0 Å². The van der Waals surface area contributed by atoms with Crippen LogP contribution in [-0.2, 0) is 4.79 Å². The smallest absolute Gasteiger partial charge is 0.258 e. The summed E-state index contributed by atoms with van der Waals surface area (Å²) in [6, 6.07) is 6.91. The molecule has 0 fully saturated rings. The van der Waals surface area contributed by atoms with E-state index in [0.717, 1.165) is 0 Å². The molecule has 1 N–H and O–H groups in total. The van der Waals surface area contributed by atoms with Gasteiger partial charge in [-0.15, -0.1) is 0 Å². The Bertz CT molecular complexity index is 421. The first-order valence-corrected chi connectivity index (χ1v) is 3.84. The van der Waals surface area contributed by atoms with E-state index in [4.69, 9.17) is 0 Å². The zero-order valence-electron chi connectivity index (χ0n) is 6.83. The van der Waals surface area contributed by atoms with Gasteiger partial charge in [-0.1, -0.05) is 24.8 Å². The molecular formula is C10H7NO2. The zero-order chi connectivity index (χ0) is 9.42. The Labute approximate surface area is 75.1 Å². The fraction of sp³-hybridized carbons (Fsp3) is 0. The van der Waals surface area contributed by atoms with E-state index in [1.54, 1.807) is 24.3 Å². The van der Waals surface area contributed by atoms with Gasteiger partial charge in [-0.2, -0.15) is 0 Å². The molecule has 3 heteroatoms. The van der Waals surface area contributed by atoms with Crippen molar-refractivity contribution < 1.29 is 9.59 Å². The molecule has 0 saturated carbocycles. The van der Waals surface area contributed by atoms with Crippen molar-refractivity contribution in [1.29, 1.82) is 0 Å². The molecule has 0 aliphatic carbocycles. The highest BCUT2D eigenvalue weighted by Crippen LogP contribution is 2.21. The second-order valence-electron chi connectivity index (χ2n) is 2.81. The first kappa shape index (κ1) is 7.73. The highest BCUT2D eigenvalue weighted by Gasteiger charge is 2.24. The zero-order valence-corrected chi connectivity index (χ0v) is 6.83. The summed E-state index contributed by atoms with van der Waals surface area (Å²) in [5, 5.41) is 2.21. The van der Waals surface area contributed by atoms with Gasteiger partial charge in [0.2, 0.25) is 0 Å². The van der Waals surface area contributed by atoms with Crippen LogP contribution in [0.2, 0.25) is 0 Å². The van der Waals surface area contributed by atoms with E-state index >= 15 is 0 Å². The number of hydrogen-bond acceptors (Lipinski definition) is 2. The summed E-state index contributed by atoms with van der Waals surface area (Å²) in [4.78, 5) is 22.4. The number of nitrogens with one attached hydrogen (secondary N) is 1. The molecular weight excluding hydrogens is 166 g/mol. The minimum atomic E-state index is -0.413. The van der Waals surface area contributed by atoms with Gasteiger partial charge in [0.25, 0.3) is 11.8 Å². The Morgan fingerprint density at radius 2 is 1.62 bits per heavy atom. The second-order valence-corrected chi connectivity index (χ2v) is 2.81. The molecule has 3 nitrogen and oxygen atoms in total. The van der Waals surface area contributed by atoms with Gasteiger partial charge in [0.05, 0.1) is 0 Å². The number of rotatable bonds is 0. The number of carbonyl (C=O) groups excluding carboxylic acids is 2. The summed E-state index contributed by atoms with van der Waals surface area (Å²) >= 11 is 0. The van der Waals surface area contributed by atoms with Crippen LogP contribution >= 0.6 is 0 Å². The second kappa shape index (κ2) is 2.55. The average Bonchev–Trinajstić information content (AvgIpc) is 2.15. The van der Waals surface area contributed by atoms with E-state index in [1.165, 1.54) is 0 Å². The highest BCUT2D eigenvalue weighted by atomic mass is 16.2. The molecule has 2 rings (SSSR count). The lowest BCUT2D eigenvalue weighted by Gasteiger charge is -2.16. The molecule has 0 aromatic heterocycles. The predicted molar refractivity (Wildman–Crippen MR) is 47.9 cm³/mol. The molecule has 1 aliphatic rings. The SMILES string of the molecule is C=C1C(=O)NC(=O)c2ccccc21. The Kier molecular flexibility index (Phi) is 1.52. The monoisotopic (exact) mass is 173 g/mol. The topological polar surface area (TPSA) is 46.2 Å². The number of fused-ring (bicyclic) bond motifs is 1. The normalized spacial score (nSPS) is 15.2. The number of amides is 2. The van der Waals surface area contributed by atoms with Crippen LogP contribution < -0.4 is 5.32 Å². The van der Waals surface area contributed by atoms with Gasteiger partial charge in [0.15, 0.2) is 0 Å². The Balaban J connectivity index is 2.67. The van der Waals surface area contributed by atoms with Crippen molar-refractivity contribution in [2.45, 2.75) is 0 Å². The van der Waals surface area contributed by atoms with Crippen LogP contribution in [0.15, 0.2) is 30.8 Å². The largest absolute Gasteiger partial charge is 0.288 e. The molecule has 1 heterocycles. The number of hydrogen-bond donors (Lipinski definition) is 1. The van der Waals surface area contributed by atoms with Crippen LogP contribution in [0.25, 0.3) is 5.57 Å². The Morgan fingerprint density at radius 3 is 2.31 bits per heavy atom. The summed E-state index contributed by atoms with van der Waals surface area (Å²) in [7, 11) is 0. The van der Waals surface area contributed by atoms with Crippen molar-refractivity contribution in [3.8, 4) is 0 Å². The highest BCUT2D eigenvalue weighted by molar-refractivity contribution is 6.30. The molecule has 13 heavy (non-hydrogen) atoms. The van der Waals surface area contributed by atoms with Crippen LogP contribution in [0.4, 0.5) is 0 Å². The minimum Gasteiger partial charge on any atom is -0.288 e. The number of imide groups is 1. The molecule has 0 atom stereocenters. The van der Waals surface area contributed by atoms with Crippen LogP contribution in [0.1, 0.15) is 15.9 Å². The third-order valence-corrected chi connectivity index (χ3v) is 2.00. The van der Waals surface area contributed by atoms with Gasteiger partial charge in [0, 0.05) is 11.1 Å². The molecule has 64 valence electrons. The molecule has 0 saturated heterocycles. The van der Waals surface area contributed by atoms with Crippen LogP contribution in [0, 0.1) is 0 Å². The van der Waals surface area contributed by atoms with E-state index in [2.05, 4.69) is 11.9 Å². The maximum atomic E-state index is 11.3. The lowest BCUT2D eigenvalue weighted by Crippen LogP contribution is -2.36. The van der Waals surface area contributed by atoms with Gasteiger partial charge in [-0.05, 0) is 11.6 Å². The van der Waals surface area contributed by atoms with E-state index in [-0.39, 0.29) is 5.91 Å². The van der Waals surface area contributed by atoms with Gasteiger partial charge in [0.1, 0.15) is 0 Å². The predicted octanol–water partition coefficient (Wildman–Crippen LogP) is 0.970. The summed E-state index contributed by atoms with van der Waals surface area (Å²) in [6.45, 7) is 3.61. The molecule has 0 radical (unpaired) electrons. The molecule has 1 aromatic rings. The van der Waals surface area contributed by atoms with Gasteiger partial charge in [-0.25, -0.2) is 0 Å². The van der Waals surface area contributed by atoms with E-state index in [9.17, 15) is 9.59 Å². The van der Waals surface area contributed by atoms with Crippen molar-refractivity contribution >= 4 is 17.4 Å². The molecule has 0 unspecified atom stereocenters. The third kappa shape index (κ3) is 1.05. The Hall–Kier alpha value is -1.90. The molecule has 1 aromatic carbocycles. The standard InChI is InChI=1S/C10H7NO2/c1-6-7-4-2-3-5-8(7)10(13)11-9(6)12/h2-5H,1H2,(H,11,12,13). The fourth-order valence-electron chi connectivity index (χ4n) is 1.31. The summed E-state index contributed by atoms with van der Waals surface area (Å²) in [5.74, 6) is -0.767. The van der Waals surface area contributed by atoms with Crippen LogP contribution in [-0.4, -0.2) is 11.8 Å². The van der Waals surface area contributed by atoms with Crippen molar-refractivity contribution in [3.05, 3.63) is 42.0 Å².